The Morgan fingerprint density at radius 1 is 1.86 bits per heavy atom. The van der Waals surface area contributed by atoms with Crippen LogP contribution in [0, 0.1) is 0 Å². The van der Waals surface area contributed by atoms with E-state index < -0.39 is 5.97 Å². The molecular formula is C2H5NO2S2. The van der Waals surface area contributed by atoms with Crippen molar-refractivity contribution >= 4 is 27.7 Å². The molecule has 0 unspecified atom stereocenters. The number of carboxylic acids is 1. The molecule has 7 heavy (non-hydrogen) atoms. The van der Waals surface area contributed by atoms with Crippen LogP contribution in [0.15, 0.2) is 0 Å². The predicted molar refractivity (Wildman–Crippen MR) is 31.9 cm³/mol. The fraction of sp³-hybridized carbons (Fsp3) is 0.500. The van der Waals surface area contributed by atoms with Crippen LogP contribution in [0.4, 0.5) is 0 Å². The molecule has 5 heteroatoms. The molecule has 3 nitrogen and oxygen atoms in total. The van der Waals surface area contributed by atoms with E-state index in [1.807, 2.05) is 0 Å². The molecule has 0 amide bonds. The Morgan fingerprint density at radius 3 is 2.57 bits per heavy atom. The molecule has 0 aliphatic heterocycles. The zero-order valence-corrected chi connectivity index (χ0v) is 5.09. The molecule has 0 radical (unpaired) electrons. The number of carboxylic acid groups (broad SMARTS) is 1. The van der Waals surface area contributed by atoms with E-state index in [4.69, 9.17) is 10.2 Å². The molecule has 0 atom stereocenters. The lowest BCUT2D eigenvalue weighted by Crippen LogP contribution is -1.96. The first-order valence-electron chi connectivity index (χ1n) is 1.47. The van der Waals surface area contributed by atoms with Gasteiger partial charge in [-0.25, -0.2) is 0 Å². The smallest absolute Gasteiger partial charge is 0.314 e. The normalized spacial score (nSPS) is 8.71. The summed E-state index contributed by atoms with van der Waals surface area (Å²) in [6, 6.07) is 0. The summed E-state index contributed by atoms with van der Waals surface area (Å²) in [5.74, 6) is -0.760. The fourth-order valence-electron chi connectivity index (χ4n) is 0.0844. The second kappa shape index (κ2) is 4.29. The lowest BCUT2D eigenvalue weighted by atomic mass is 10.8. The van der Waals surface area contributed by atoms with Crippen LogP contribution in [0.2, 0.25) is 0 Å². The van der Waals surface area contributed by atoms with Crippen LogP contribution in [0.25, 0.3) is 0 Å². The highest BCUT2D eigenvalue weighted by atomic mass is 33.1. The number of aliphatic carboxylic acids is 1. The third kappa shape index (κ3) is 6.13. The summed E-state index contributed by atoms with van der Waals surface area (Å²) in [5.41, 5.74) is 0. The van der Waals surface area contributed by atoms with Crippen molar-refractivity contribution in [3.8, 4) is 0 Å². The van der Waals surface area contributed by atoms with Gasteiger partial charge in [0, 0.05) is 0 Å². The van der Waals surface area contributed by atoms with Crippen molar-refractivity contribution in [3.63, 3.8) is 0 Å². The van der Waals surface area contributed by atoms with E-state index in [0.29, 0.717) is 0 Å². The van der Waals surface area contributed by atoms with Gasteiger partial charge in [0.25, 0.3) is 0 Å². The van der Waals surface area contributed by atoms with Gasteiger partial charge in [0.2, 0.25) is 0 Å². The molecule has 0 bridgehead atoms. The molecule has 0 spiro atoms. The zero-order chi connectivity index (χ0) is 5.70. The van der Waals surface area contributed by atoms with Crippen molar-refractivity contribution in [2.45, 2.75) is 0 Å². The summed E-state index contributed by atoms with van der Waals surface area (Å²) < 4.78 is 0. The molecule has 42 valence electrons. The van der Waals surface area contributed by atoms with Gasteiger partial charge in [-0.2, -0.15) is 0 Å². The Hall–Kier alpha value is 0.130. The molecule has 0 aromatic carbocycles. The lowest BCUT2D eigenvalue weighted by molar-refractivity contribution is -0.133. The van der Waals surface area contributed by atoms with E-state index in [9.17, 15) is 4.79 Å². The quantitative estimate of drug-likeness (QED) is 0.435. The SMILES string of the molecule is NSSCC(=O)O. The van der Waals surface area contributed by atoms with E-state index >= 15 is 0 Å². The van der Waals surface area contributed by atoms with Crippen LogP contribution in [0.3, 0.4) is 0 Å². The Kier molecular flexibility index (Phi) is 4.37. The Labute approximate surface area is 49.2 Å². The molecule has 3 N–H and O–H groups in total. The van der Waals surface area contributed by atoms with Gasteiger partial charge in [-0.05, 0) is 11.0 Å². The van der Waals surface area contributed by atoms with Gasteiger partial charge >= 0.3 is 5.97 Å². The van der Waals surface area contributed by atoms with Crippen molar-refractivity contribution in [1.29, 1.82) is 0 Å². The molecule has 0 saturated carbocycles. The molecule has 0 rings (SSSR count). The minimum atomic E-state index is -0.831. The Balaban J connectivity index is 2.82. The van der Waals surface area contributed by atoms with Gasteiger partial charge in [-0.3, -0.25) is 9.93 Å². The summed E-state index contributed by atoms with van der Waals surface area (Å²) in [6.45, 7) is 0. The van der Waals surface area contributed by atoms with E-state index in [1.54, 1.807) is 0 Å². The lowest BCUT2D eigenvalue weighted by Gasteiger charge is -1.85. The maximum atomic E-state index is 9.67. The third-order valence-corrected chi connectivity index (χ3v) is 1.51. The topological polar surface area (TPSA) is 63.3 Å². The Bertz CT molecular complexity index is 66.7. The maximum Gasteiger partial charge on any atom is 0.314 e. The van der Waals surface area contributed by atoms with E-state index in [2.05, 4.69) is 0 Å². The summed E-state index contributed by atoms with van der Waals surface area (Å²) in [6.07, 6.45) is 0. The van der Waals surface area contributed by atoms with Crippen molar-refractivity contribution in [2.24, 2.45) is 5.14 Å². The largest absolute Gasteiger partial charge is 0.481 e. The highest BCUT2D eigenvalue weighted by molar-refractivity contribution is 8.76. The van der Waals surface area contributed by atoms with Crippen LogP contribution in [0.1, 0.15) is 0 Å². The molecule has 0 saturated heterocycles. The van der Waals surface area contributed by atoms with Gasteiger partial charge in [0.05, 0.1) is 0 Å². The first-order chi connectivity index (χ1) is 3.27. The van der Waals surface area contributed by atoms with Gasteiger partial charge in [0.15, 0.2) is 0 Å². The Morgan fingerprint density at radius 2 is 2.43 bits per heavy atom. The predicted octanol–water partition coefficient (Wildman–Crippen LogP) is 0.326. The number of rotatable bonds is 3. The number of nitrogens with two attached hydrogens (primary N) is 1. The van der Waals surface area contributed by atoms with Crippen LogP contribution in [-0.2, 0) is 4.79 Å². The minimum absolute atomic E-state index is 0.0706. The number of hydrogen-bond acceptors (Lipinski definition) is 4. The number of carbonyl (C=O) groups is 1. The molecule has 0 aromatic rings. The standard InChI is InChI=1S/C2H5NO2S2/c3-7-6-1-2(4)5/h1,3H2,(H,4,5). The third-order valence-electron chi connectivity index (χ3n) is 0.250. The van der Waals surface area contributed by atoms with Gasteiger partial charge < -0.3 is 5.11 Å². The molecule has 0 fully saturated rings. The van der Waals surface area contributed by atoms with Crippen molar-refractivity contribution < 1.29 is 9.90 Å². The van der Waals surface area contributed by atoms with E-state index in [0.717, 1.165) is 21.8 Å². The summed E-state index contributed by atoms with van der Waals surface area (Å²) in [5, 5.41) is 12.8. The molecule has 0 aliphatic carbocycles. The van der Waals surface area contributed by atoms with Crippen molar-refractivity contribution in [1.82, 2.24) is 0 Å². The summed E-state index contributed by atoms with van der Waals surface area (Å²) in [4.78, 5) is 9.67. The number of hydrogen-bond donors (Lipinski definition) is 2. The van der Waals surface area contributed by atoms with Crippen molar-refractivity contribution in [3.05, 3.63) is 0 Å². The first-order valence-corrected chi connectivity index (χ1v) is 3.85. The molecule has 0 heterocycles. The van der Waals surface area contributed by atoms with E-state index in [-0.39, 0.29) is 5.75 Å². The highest BCUT2D eigenvalue weighted by Crippen LogP contribution is 2.11. The van der Waals surface area contributed by atoms with Crippen LogP contribution >= 0.6 is 21.8 Å². The second-order valence-corrected chi connectivity index (χ2v) is 2.75. The monoisotopic (exact) mass is 139 g/mol. The first kappa shape index (κ1) is 7.13. The molecule has 0 aromatic heterocycles. The summed E-state index contributed by atoms with van der Waals surface area (Å²) in [7, 11) is 2.08. The maximum absolute atomic E-state index is 9.67. The average molecular weight is 139 g/mol. The highest BCUT2D eigenvalue weighted by Gasteiger charge is 1.92. The van der Waals surface area contributed by atoms with Crippen molar-refractivity contribution in [2.75, 3.05) is 5.75 Å². The summed E-state index contributed by atoms with van der Waals surface area (Å²) >= 11 is 0. The molecular weight excluding hydrogens is 134 g/mol. The van der Waals surface area contributed by atoms with E-state index in [1.165, 1.54) is 0 Å². The molecule has 0 aliphatic rings. The van der Waals surface area contributed by atoms with Gasteiger partial charge in [0.1, 0.15) is 5.75 Å². The van der Waals surface area contributed by atoms with Crippen LogP contribution in [-0.4, -0.2) is 16.8 Å². The minimum Gasteiger partial charge on any atom is -0.481 e. The van der Waals surface area contributed by atoms with Gasteiger partial charge in [-0.15, -0.1) is 0 Å². The zero-order valence-electron chi connectivity index (χ0n) is 3.46. The average Bonchev–Trinajstić information content (AvgIpc) is 1.61. The van der Waals surface area contributed by atoms with Gasteiger partial charge in [-0.1, -0.05) is 10.8 Å². The van der Waals surface area contributed by atoms with Crippen LogP contribution in [0.5, 0.6) is 0 Å². The second-order valence-electron chi connectivity index (χ2n) is 0.752. The van der Waals surface area contributed by atoms with Crippen LogP contribution < -0.4 is 5.14 Å². The fourth-order valence-corrected chi connectivity index (χ4v) is 0.760.